The molecule has 1 rings (SSSR count). The summed E-state index contributed by atoms with van der Waals surface area (Å²) >= 11 is 0. The summed E-state index contributed by atoms with van der Waals surface area (Å²) in [6, 6.07) is 0. The molecule has 0 aromatic carbocycles. The fourth-order valence-electron chi connectivity index (χ4n) is 0.494. The van der Waals surface area contributed by atoms with Gasteiger partial charge in [0, 0.05) is 0 Å². The maximum absolute atomic E-state index is 5.54. The van der Waals surface area contributed by atoms with Gasteiger partial charge in [0.25, 0.3) is 0 Å². The van der Waals surface area contributed by atoms with E-state index in [0.717, 1.165) is 12.3 Å². The molecule has 2 heteroatoms. The highest BCUT2D eigenvalue weighted by molar-refractivity contribution is 7.55. The Morgan fingerprint density at radius 2 is 1.83 bits per heavy atom. The molecule has 0 aliphatic carbocycles. The molecule has 0 fully saturated rings. The summed E-state index contributed by atoms with van der Waals surface area (Å²) in [7, 11) is -0.0761. The number of hydrogen-bond acceptors (Lipinski definition) is 1. The van der Waals surface area contributed by atoms with E-state index in [9.17, 15) is 0 Å². The summed E-state index contributed by atoms with van der Waals surface area (Å²) in [5.74, 6) is 0. The van der Waals surface area contributed by atoms with E-state index >= 15 is 0 Å². The number of rotatable bonds is 0. The summed E-state index contributed by atoms with van der Waals surface area (Å²) < 4.78 is 0. The minimum Gasteiger partial charge on any atom is -0.309 e. The van der Waals surface area contributed by atoms with E-state index in [2.05, 4.69) is 12.2 Å². The highest BCUT2D eigenvalue weighted by atomic mass is 31.1. The van der Waals surface area contributed by atoms with Gasteiger partial charge in [0.15, 0.2) is 0 Å². The van der Waals surface area contributed by atoms with Crippen LogP contribution in [0.1, 0.15) is 0 Å². The molecule has 0 spiro atoms. The lowest BCUT2D eigenvalue weighted by molar-refractivity contribution is 1.74. The Morgan fingerprint density at radius 3 is 2.00 bits per heavy atom. The third-order valence-electron chi connectivity index (χ3n) is 0.847. The van der Waals surface area contributed by atoms with Gasteiger partial charge >= 0.3 is 0 Å². The van der Waals surface area contributed by atoms with Gasteiger partial charge in [0.1, 0.15) is 0 Å². The van der Waals surface area contributed by atoms with E-state index in [1.807, 2.05) is 0 Å². The maximum atomic E-state index is 5.54. The van der Waals surface area contributed by atoms with Crippen molar-refractivity contribution in [1.29, 1.82) is 0 Å². The van der Waals surface area contributed by atoms with Crippen LogP contribution in [-0.4, -0.2) is 12.3 Å². The lowest BCUT2D eigenvalue weighted by Gasteiger charge is -1.94. The van der Waals surface area contributed by atoms with E-state index in [0.29, 0.717) is 0 Å². The van der Waals surface area contributed by atoms with Gasteiger partial charge in [-0.05, 0) is 20.4 Å². The van der Waals surface area contributed by atoms with Crippen LogP contribution in [0.3, 0.4) is 0 Å². The first-order valence-electron chi connectivity index (χ1n) is 2.04. The SMILES string of the molecule is NP1CC=CC1. The molecule has 34 valence electrons. The van der Waals surface area contributed by atoms with Crippen LogP contribution in [0.5, 0.6) is 0 Å². The Kier molecular flexibility index (Phi) is 1.23. The molecule has 1 heterocycles. The van der Waals surface area contributed by atoms with E-state index in [1.165, 1.54) is 0 Å². The molecule has 1 aliphatic rings. The highest BCUT2D eigenvalue weighted by Crippen LogP contribution is 2.29. The zero-order valence-electron chi connectivity index (χ0n) is 3.59. The molecule has 0 aromatic rings. The molecule has 0 bridgehead atoms. The standard InChI is InChI=1S/C4H8NP/c5-6-3-1-2-4-6/h1-2H,3-5H2. The van der Waals surface area contributed by atoms with Gasteiger partial charge in [0.2, 0.25) is 0 Å². The number of allylic oxidation sites excluding steroid dienone is 2. The summed E-state index contributed by atoms with van der Waals surface area (Å²) in [5.41, 5.74) is 5.54. The van der Waals surface area contributed by atoms with Crippen molar-refractivity contribution >= 4 is 8.07 Å². The Balaban J connectivity index is 2.32. The van der Waals surface area contributed by atoms with E-state index < -0.39 is 0 Å². The Bertz CT molecular complexity index is 61.9. The molecule has 1 aliphatic heterocycles. The predicted octanol–water partition coefficient (Wildman–Crippen LogP) is 0.912. The van der Waals surface area contributed by atoms with Crippen molar-refractivity contribution in [3.63, 3.8) is 0 Å². The van der Waals surface area contributed by atoms with Crippen LogP contribution in [0.15, 0.2) is 12.2 Å². The molecule has 0 atom stereocenters. The van der Waals surface area contributed by atoms with Gasteiger partial charge < -0.3 is 5.50 Å². The Labute approximate surface area is 39.0 Å². The quantitative estimate of drug-likeness (QED) is 0.356. The van der Waals surface area contributed by atoms with Crippen molar-refractivity contribution in [2.75, 3.05) is 12.3 Å². The normalized spacial score (nSPS) is 22.8. The fraction of sp³-hybridized carbons (Fsp3) is 0.500. The molecule has 6 heavy (non-hydrogen) atoms. The number of hydrogen-bond donors (Lipinski definition) is 1. The van der Waals surface area contributed by atoms with Gasteiger partial charge in [-0.2, -0.15) is 0 Å². The van der Waals surface area contributed by atoms with Crippen LogP contribution < -0.4 is 5.50 Å². The molecule has 0 unspecified atom stereocenters. The van der Waals surface area contributed by atoms with Crippen LogP contribution in [-0.2, 0) is 0 Å². The lowest BCUT2D eigenvalue weighted by Crippen LogP contribution is -1.86. The van der Waals surface area contributed by atoms with Crippen LogP contribution in [0.2, 0.25) is 0 Å². The molecule has 0 saturated carbocycles. The van der Waals surface area contributed by atoms with Gasteiger partial charge in [-0.25, -0.2) is 0 Å². The van der Waals surface area contributed by atoms with Crippen molar-refractivity contribution in [3.8, 4) is 0 Å². The predicted molar refractivity (Wildman–Crippen MR) is 30.0 cm³/mol. The second kappa shape index (κ2) is 1.72. The minimum atomic E-state index is -0.0761. The topological polar surface area (TPSA) is 26.0 Å². The van der Waals surface area contributed by atoms with Crippen molar-refractivity contribution < 1.29 is 0 Å². The highest BCUT2D eigenvalue weighted by Gasteiger charge is 1.99. The number of nitrogens with two attached hydrogens (primary N) is 1. The molecular weight excluding hydrogens is 93.0 g/mol. The van der Waals surface area contributed by atoms with Gasteiger partial charge in [-0.15, -0.1) is 0 Å². The molecule has 2 N–H and O–H groups in total. The smallest absolute Gasteiger partial charge is 0.00126 e. The summed E-state index contributed by atoms with van der Waals surface area (Å²) in [6.45, 7) is 0. The van der Waals surface area contributed by atoms with Crippen LogP contribution in [0, 0.1) is 0 Å². The second-order valence-corrected chi connectivity index (χ2v) is 3.33. The molecular formula is C4H8NP. The van der Waals surface area contributed by atoms with Gasteiger partial charge in [0.05, 0.1) is 0 Å². The van der Waals surface area contributed by atoms with Crippen molar-refractivity contribution in [3.05, 3.63) is 12.2 Å². The van der Waals surface area contributed by atoms with Crippen molar-refractivity contribution in [2.24, 2.45) is 5.50 Å². The van der Waals surface area contributed by atoms with Crippen LogP contribution in [0.25, 0.3) is 0 Å². The third kappa shape index (κ3) is 0.796. The second-order valence-electron chi connectivity index (χ2n) is 1.43. The van der Waals surface area contributed by atoms with Crippen LogP contribution in [0.4, 0.5) is 0 Å². The first-order valence-corrected chi connectivity index (χ1v) is 3.82. The minimum absolute atomic E-state index is 0.0761. The average Bonchev–Trinajstić information content (AvgIpc) is 1.86. The monoisotopic (exact) mass is 101 g/mol. The maximum Gasteiger partial charge on any atom is -0.00126 e. The van der Waals surface area contributed by atoms with E-state index in [4.69, 9.17) is 5.50 Å². The van der Waals surface area contributed by atoms with Crippen molar-refractivity contribution in [1.82, 2.24) is 0 Å². The molecule has 1 nitrogen and oxygen atoms in total. The zero-order chi connectivity index (χ0) is 4.41. The first-order chi connectivity index (χ1) is 2.89. The average molecular weight is 101 g/mol. The summed E-state index contributed by atoms with van der Waals surface area (Å²) in [6.07, 6.45) is 6.61. The Morgan fingerprint density at radius 1 is 1.33 bits per heavy atom. The van der Waals surface area contributed by atoms with Crippen LogP contribution >= 0.6 is 8.07 Å². The molecule has 0 amide bonds. The fourth-order valence-corrected chi connectivity index (χ4v) is 1.48. The van der Waals surface area contributed by atoms with Gasteiger partial charge in [-0.1, -0.05) is 12.2 Å². The largest absolute Gasteiger partial charge is 0.309 e. The summed E-state index contributed by atoms with van der Waals surface area (Å²) in [4.78, 5) is 0. The van der Waals surface area contributed by atoms with E-state index in [1.54, 1.807) is 0 Å². The third-order valence-corrected chi connectivity index (χ3v) is 2.21. The summed E-state index contributed by atoms with van der Waals surface area (Å²) in [5, 5.41) is 0. The van der Waals surface area contributed by atoms with Gasteiger partial charge in [-0.3, -0.25) is 0 Å². The molecule has 0 aromatic heterocycles. The Hall–Kier alpha value is 0.130. The molecule has 0 radical (unpaired) electrons. The van der Waals surface area contributed by atoms with Crippen molar-refractivity contribution in [2.45, 2.75) is 0 Å². The lowest BCUT2D eigenvalue weighted by atomic mass is 10.6. The molecule has 0 saturated heterocycles. The van der Waals surface area contributed by atoms with E-state index in [-0.39, 0.29) is 8.07 Å². The zero-order valence-corrected chi connectivity index (χ0v) is 4.49. The first kappa shape index (κ1) is 4.29.